The number of hydrogen-bond acceptors (Lipinski definition) is 4. The van der Waals surface area contributed by atoms with Crippen LogP contribution in [0, 0.1) is 0 Å². The molecule has 128 valence electrons. The molecule has 7 heteroatoms. The molecule has 6 nitrogen and oxygen atoms in total. The van der Waals surface area contributed by atoms with Crippen LogP contribution in [0.4, 0.5) is 0 Å². The lowest BCUT2D eigenvalue weighted by atomic mass is 10.0. The number of carbonyl (C=O) groups excluding carboxylic acids is 1. The fourth-order valence-electron chi connectivity index (χ4n) is 3.00. The lowest BCUT2D eigenvalue weighted by Crippen LogP contribution is -2.37. The normalized spacial score (nSPS) is 17.0. The van der Waals surface area contributed by atoms with E-state index in [0.717, 1.165) is 10.8 Å². The van der Waals surface area contributed by atoms with E-state index in [1.807, 2.05) is 24.3 Å². The predicted octanol–water partition coefficient (Wildman–Crippen LogP) is 1.65. The summed E-state index contributed by atoms with van der Waals surface area (Å²) in [7, 11) is -3.25. The number of phenols is 1. The second kappa shape index (κ2) is 6.41. The highest BCUT2D eigenvalue weighted by Gasteiger charge is 2.25. The van der Waals surface area contributed by atoms with Crippen LogP contribution in [-0.4, -0.2) is 61.1 Å². The number of hydrogen-bond donors (Lipinski definition) is 1. The van der Waals surface area contributed by atoms with Crippen molar-refractivity contribution in [2.75, 3.05) is 32.4 Å². The Balaban J connectivity index is 1.85. The van der Waals surface area contributed by atoms with Crippen LogP contribution in [0.15, 0.2) is 36.4 Å². The van der Waals surface area contributed by atoms with Gasteiger partial charge in [0, 0.05) is 26.2 Å². The molecule has 1 fully saturated rings. The Morgan fingerprint density at radius 3 is 2.38 bits per heavy atom. The minimum Gasteiger partial charge on any atom is -0.507 e. The fourth-order valence-corrected chi connectivity index (χ4v) is 3.87. The zero-order valence-corrected chi connectivity index (χ0v) is 14.3. The van der Waals surface area contributed by atoms with Gasteiger partial charge in [0.15, 0.2) is 0 Å². The number of benzene rings is 2. The number of nitrogens with zero attached hydrogens (tertiary/aromatic N) is 2. The molecule has 0 radical (unpaired) electrons. The summed E-state index contributed by atoms with van der Waals surface area (Å²) in [5, 5.41) is 12.0. The molecule has 2 aromatic rings. The van der Waals surface area contributed by atoms with Crippen LogP contribution in [0.5, 0.6) is 5.75 Å². The second-order valence-corrected chi connectivity index (χ2v) is 8.01. The van der Waals surface area contributed by atoms with Crippen LogP contribution in [0.2, 0.25) is 0 Å². The summed E-state index contributed by atoms with van der Waals surface area (Å²) in [6.45, 7) is 1.47. The highest BCUT2D eigenvalue weighted by Crippen LogP contribution is 2.26. The van der Waals surface area contributed by atoms with Crippen LogP contribution < -0.4 is 0 Å². The maximum absolute atomic E-state index is 12.8. The molecular formula is C17H20N2O4S. The van der Waals surface area contributed by atoms with Crippen molar-refractivity contribution in [2.24, 2.45) is 0 Å². The van der Waals surface area contributed by atoms with E-state index < -0.39 is 10.0 Å². The van der Waals surface area contributed by atoms with Gasteiger partial charge < -0.3 is 10.0 Å². The van der Waals surface area contributed by atoms with Gasteiger partial charge in [0.25, 0.3) is 5.91 Å². The summed E-state index contributed by atoms with van der Waals surface area (Å²) in [5.41, 5.74) is 0.251. The second-order valence-electron chi connectivity index (χ2n) is 6.02. The topological polar surface area (TPSA) is 77.9 Å². The largest absolute Gasteiger partial charge is 0.507 e. The van der Waals surface area contributed by atoms with Crippen molar-refractivity contribution in [3.8, 4) is 5.75 Å². The molecule has 1 N–H and O–H groups in total. The number of amides is 1. The first kappa shape index (κ1) is 16.7. The standard InChI is InChI=1S/C17H20N2O4S/c1-24(22,23)19-8-4-7-18(9-10-19)17(21)15-11-13-5-2-3-6-14(13)12-16(15)20/h2-3,5-6,11-12,20H,4,7-10H2,1H3. The molecule has 1 saturated heterocycles. The summed E-state index contributed by atoms with van der Waals surface area (Å²) in [6.07, 6.45) is 1.76. The average Bonchev–Trinajstić information content (AvgIpc) is 2.79. The summed E-state index contributed by atoms with van der Waals surface area (Å²) < 4.78 is 24.7. The van der Waals surface area contributed by atoms with Gasteiger partial charge in [0.05, 0.1) is 11.8 Å². The van der Waals surface area contributed by atoms with Gasteiger partial charge in [-0.2, -0.15) is 0 Å². The third-order valence-corrected chi connectivity index (χ3v) is 5.61. The average molecular weight is 348 g/mol. The number of phenolic OH excluding ortho intramolecular Hbond substituents is 1. The Hall–Kier alpha value is -2.12. The molecule has 3 rings (SSSR count). The van der Waals surface area contributed by atoms with Crippen LogP contribution >= 0.6 is 0 Å². The molecule has 1 heterocycles. The molecule has 0 bridgehead atoms. The Morgan fingerprint density at radius 2 is 1.71 bits per heavy atom. The van der Waals surface area contributed by atoms with Crippen molar-refractivity contribution in [1.82, 2.24) is 9.21 Å². The van der Waals surface area contributed by atoms with E-state index in [0.29, 0.717) is 26.1 Å². The Morgan fingerprint density at radius 1 is 1.04 bits per heavy atom. The molecule has 1 amide bonds. The lowest BCUT2D eigenvalue weighted by molar-refractivity contribution is 0.0761. The Labute approximate surface area is 141 Å². The number of fused-ring (bicyclic) bond motifs is 1. The zero-order chi connectivity index (χ0) is 17.3. The van der Waals surface area contributed by atoms with E-state index in [4.69, 9.17) is 0 Å². The van der Waals surface area contributed by atoms with Crippen LogP contribution in [-0.2, 0) is 10.0 Å². The van der Waals surface area contributed by atoms with Gasteiger partial charge in [-0.05, 0) is 29.3 Å². The minimum atomic E-state index is -3.25. The molecule has 2 aromatic carbocycles. The fraction of sp³-hybridized carbons (Fsp3) is 0.353. The summed E-state index contributed by atoms with van der Waals surface area (Å²) in [5.74, 6) is -0.323. The third kappa shape index (κ3) is 3.37. The van der Waals surface area contributed by atoms with Gasteiger partial charge in [-0.1, -0.05) is 24.3 Å². The van der Waals surface area contributed by atoms with E-state index in [1.165, 1.54) is 10.6 Å². The molecule has 1 aliphatic rings. The van der Waals surface area contributed by atoms with Crippen LogP contribution in [0.1, 0.15) is 16.8 Å². The lowest BCUT2D eigenvalue weighted by Gasteiger charge is -2.21. The SMILES string of the molecule is CS(=O)(=O)N1CCCN(C(=O)c2cc3ccccc3cc2O)CC1. The molecule has 0 atom stereocenters. The van der Waals surface area contributed by atoms with Gasteiger partial charge in [-0.3, -0.25) is 4.79 Å². The van der Waals surface area contributed by atoms with E-state index >= 15 is 0 Å². The minimum absolute atomic E-state index is 0.0529. The Kier molecular flexibility index (Phi) is 4.47. The number of carbonyl (C=O) groups is 1. The van der Waals surface area contributed by atoms with E-state index in [-0.39, 0.29) is 23.8 Å². The van der Waals surface area contributed by atoms with Crippen molar-refractivity contribution in [2.45, 2.75) is 6.42 Å². The van der Waals surface area contributed by atoms with Crippen molar-refractivity contribution < 1.29 is 18.3 Å². The van der Waals surface area contributed by atoms with Gasteiger partial charge in [-0.15, -0.1) is 0 Å². The smallest absolute Gasteiger partial charge is 0.257 e. The monoisotopic (exact) mass is 348 g/mol. The Bertz CT molecular complexity index is 879. The first-order valence-electron chi connectivity index (χ1n) is 7.82. The maximum Gasteiger partial charge on any atom is 0.257 e. The molecule has 0 saturated carbocycles. The zero-order valence-electron chi connectivity index (χ0n) is 13.5. The van der Waals surface area contributed by atoms with Gasteiger partial charge in [0.2, 0.25) is 10.0 Å². The molecule has 1 aliphatic heterocycles. The van der Waals surface area contributed by atoms with Crippen molar-refractivity contribution >= 4 is 26.7 Å². The summed E-state index contributed by atoms with van der Waals surface area (Å²) >= 11 is 0. The number of sulfonamides is 1. The van der Waals surface area contributed by atoms with E-state index in [2.05, 4.69) is 0 Å². The van der Waals surface area contributed by atoms with Crippen LogP contribution in [0.3, 0.4) is 0 Å². The van der Waals surface area contributed by atoms with Crippen molar-refractivity contribution in [3.05, 3.63) is 42.0 Å². The third-order valence-electron chi connectivity index (χ3n) is 4.31. The quantitative estimate of drug-likeness (QED) is 0.895. The number of aromatic hydroxyl groups is 1. The predicted molar refractivity (Wildman–Crippen MR) is 92.6 cm³/mol. The van der Waals surface area contributed by atoms with Crippen LogP contribution in [0.25, 0.3) is 10.8 Å². The van der Waals surface area contributed by atoms with Gasteiger partial charge >= 0.3 is 0 Å². The first-order chi connectivity index (χ1) is 11.4. The molecule has 0 aliphatic carbocycles. The molecule has 0 spiro atoms. The van der Waals surface area contributed by atoms with Crippen molar-refractivity contribution in [1.29, 1.82) is 0 Å². The van der Waals surface area contributed by atoms with E-state index in [1.54, 1.807) is 17.0 Å². The van der Waals surface area contributed by atoms with Gasteiger partial charge in [-0.25, -0.2) is 12.7 Å². The highest BCUT2D eigenvalue weighted by atomic mass is 32.2. The first-order valence-corrected chi connectivity index (χ1v) is 9.67. The molecule has 24 heavy (non-hydrogen) atoms. The molecular weight excluding hydrogens is 328 g/mol. The van der Waals surface area contributed by atoms with E-state index in [9.17, 15) is 18.3 Å². The molecule has 0 aromatic heterocycles. The summed E-state index contributed by atoms with van der Waals surface area (Å²) in [4.78, 5) is 14.4. The highest BCUT2D eigenvalue weighted by molar-refractivity contribution is 7.88. The van der Waals surface area contributed by atoms with Gasteiger partial charge in [0.1, 0.15) is 5.75 Å². The van der Waals surface area contributed by atoms with Crippen molar-refractivity contribution in [3.63, 3.8) is 0 Å². The maximum atomic E-state index is 12.8. The molecule has 0 unspecified atom stereocenters. The number of rotatable bonds is 2. The summed E-state index contributed by atoms with van der Waals surface area (Å²) in [6, 6.07) is 10.8.